The Morgan fingerprint density at radius 2 is 1.88 bits per heavy atom. The average Bonchev–Trinajstić information content (AvgIpc) is 2.28. The summed E-state index contributed by atoms with van der Waals surface area (Å²) < 4.78 is 0. The van der Waals surface area contributed by atoms with Gasteiger partial charge in [0.1, 0.15) is 0 Å². The molecule has 1 fully saturated rings. The van der Waals surface area contributed by atoms with Crippen molar-refractivity contribution in [1.29, 1.82) is 0 Å². The summed E-state index contributed by atoms with van der Waals surface area (Å²) in [5, 5.41) is 0. The van der Waals surface area contributed by atoms with E-state index in [-0.39, 0.29) is 5.54 Å². The minimum atomic E-state index is 0.230. The fourth-order valence-corrected chi connectivity index (χ4v) is 2.49. The van der Waals surface area contributed by atoms with Crippen LogP contribution >= 0.6 is 0 Å². The minimum Gasteiger partial charge on any atom is -0.368 e. The Labute approximate surface area is 98.4 Å². The average molecular weight is 218 g/mol. The van der Waals surface area contributed by atoms with Crippen molar-refractivity contribution in [2.75, 3.05) is 18.5 Å². The summed E-state index contributed by atoms with van der Waals surface area (Å²) in [4.78, 5) is 2.37. The van der Waals surface area contributed by atoms with Gasteiger partial charge in [-0.25, -0.2) is 0 Å². The Morgan fingerprint density at radius 1 is 1.25 bits per heavy atom. The Balaban J connectivity index is 2.16. The van der Waals surface area contributed by atoms with E-state index < -0.39 is 0 Å². The van der Waals surface area contributed by atoms with E-state index in [4.69, 9.17) is 5.73 Å². The summed E-state index contributed by atoms with van der Waals surface area (Å²) in [6.45, 7) is 2.95. The van der Waals surface area contributed by atoms with Crippen molar-refractivity contribution in [3.05, 3.63) is 29.8 Å². The van der Waals surface area contributed by atoms with Crippen LogP contribution in [0.4, 0.5) is 5.69 Å². The molecule has 0 aliphatic heterocycles. The molecule has 0 amide bonds. The van der Waals surface area contributed by atoms with Gasteiger partial charge in [-0.3, -0.25) is 0 Å². The van der Waals surface area contributed by atoms with Crippen LogP contribution < -0.4 is 10.6 Å². The fourth-order valence-electron chi connectivity index (χ4n) is 2.49. The molecule has 0 radical (unpaired) electrons. The van der Waals surface area contributed by atoms with E-state index in [1.807, 2.05) is 0 Å². The molecule has 1 aromatic rings. The van der Waals surface area contributed by atoms with Crippen molar-refractivity contribution in [3.63, 3.8) is 0 Å². The van der Waals surface area contributed by atoms with Gasteiger partial charge in [0.05, 0.1) is 5.54 Å². The number of nitrogens with zero attached hydrogens (tertiary/aromatic N) is 1. The SMILES string of the molecule is CCc1ccc(N(C)C2(CN)CCC2)cc1. The fraction of sp³-hybridized carbons (Fsp3) is 0.571. The topological polar surface area (TPSA) is 29.3 Å². The zero-order valence-corrected chi connectivity index (χ0v) is 10.4. The third kappa shape index (κ3) is 1.82. The maximum atomic E-state index is 5.92. The molecule has 0 bridgehead atoms. The molecule has 0 unspecified atom stereocenters. The van der Waals surface area contributed by atoms with E-state index >= 15 is 0 Å². The molecule has 0 aromatic heterocycles. The van der Waals surface area contributed by atoms with E-state index in [2.05, 4.69) is 43.1 Å². The first-order chi connectivity index (χ1) is 7.72. The lowest BCUT2D eigenvalue weighted by molar-refractivity contribution is 0.246. The largest absolute Gasteiger partial charge is 0.368 e. The van der Waals surface area contributed by atoms with Crippen LogP contribution in [-0.4, -0.2) is 19.1 Å². The van der Waals surface area contributed by atoms with Gasteiger partial charge in [0, 0.05) is 19.3 Å². The lowest BCUT2D eigenvalue weighted by Gasteiger charge is -2.49. The Kier molecular flexibility index (Phi) is 3.20. The number of likely N-dealkylation sites (N-methyl/N-ethyl adjacent to an activating group) is 1. The molecule has 0 heterocycles. The molecule has 0 spiro atoms. The molecule has 1 aliphatic rings. The van der Waals surface area contributed by atoms with Crippen LogP contribution in [0.15, 0.2) is 24.3 Å². The number of anilines is 1. The van der Waals surface area contributed by atoms with Crippen molar-refractivity contribution in [3.8, 4) is 0 Å². The van der Waals surface area contributed by atoms with Gasteiger partial charge in [-0.2, -0.15) is 0 Å². The van der Waals surface area contributed by atoms with Crippen molar-refractivity contribution in [2.45, 2.75) is 38.1 Å². The summed E-state index contributed by atoms with van der Waals surface area (Å²) in [7, 11) is 2.17. The molecule has 0 atom stereocenters. The second-order valence-electron chi connectivity index (χ2n) is 4.86. The van der Waals surface area contributed by atoms with Crippen molar-refractivity contribution >= 4 is 5.69 Å². The third-order valence-electron chi connectivity index (χ3n) is 4.11. The van der Waals surface area contributed by atoms with E-state index in [1.165, 1.54) is 30.5 Å². The molecule has 1 aromatic carbocycles. The van der Waals surface area contributed by atoms with Gasteiger partial charge in [-0.05, 0) is 43.4 Å². The molecule has 2 N–H and O–H groups in total. The van der Waals surface area contributed by atoms with Gasteiger partial charge in [-0.1, -0.05) is 19.1 Å². The Hall–Kier alpha value is -1.02. The Bertz CT molecular complexity index is 333. The summed E-state index contributed by atoms with van der Waals surface area (Å²) in [5.41, 5.74) is 8.84. The molecule has 88 valence electrons. The van der Waals surface area contributed by atoms with Crippen LogP contribution in [0.1, 0.15) is 31.7 Å². The number of rotatable bonds is 4. The second-order valence-corrected chi connectivity index (χ2v) is 4.86. The smallest absolute Gasteiger partial charge is 0.0521 e. The summed E-state index contributed by atoms with van der Waals surface area (Å²) in [6.07, 6.45) is 4.88. The van der Waals surface area contributed by atoms with Gasteiger partial charge < -0.3 is 10.6 Å². The number of nitrogens with two attached hydrogens (primary N) is 1. The van der Waals surface area contributed by atoms with Gasteiger partial charge in [0.2, 0.25) is 0 Å². The second kappa shape index (κ2) is 4.46. The highest BCUT2D eigenvalue weighted by Gasteiger charge is 2.39. The van der Waals surface area contributed by atoms with E-state index in [0.717, 1.165) is 13.0 Å². The molecule has 1 saturated carbocycles. The predicted molar refractivity (Wildman–Crippen MR) is 69.9 cm³/mol. The first kappa shape index (κ1) is 11.5. The lowest BCUT2D eigenvalue weighted by atomic mass is 9.75. The van der Waals surface area contributed by atoms with Gasteiger partial charge in [-0.15, -0.1) is 0 Å². The maximum absolute atomic E-state index is 5.92. The monoisotopic (exact) mass is 218 g/mol. The van der Waals surface area contributed by atoms with Crippen LogP contribution in [0.25, 0.3) is 0 Å². The van der Waals surface area contributed by atoms with Crippen LogP contribution in [0.2, 0.25) is 0 Å². The summed E-state index contributed by atoms with van der Waals surface area (Å²) in [6, 6.07) is 8.87. The molecule has 0 saturated heterocycles. The van der Waals surface area contributed by atoms with E-state index in [0.29, 0.717) is 0 Å². The summed E-state index contributed by atoms with van der Waals surface area (Å²) >= 11 is 0. The summed E-state index contributed by atoms with van der Waals surface area (Å²) in [5.74, 6) is 0. The van der Waals surface area contributed by atoms with Crippen molar-refractivity contribution < 1.29 is 0 Å². The van der Waals surface area contributed by atoms with Gasteiger partial charge in [0.25, 0.3) is 0 Å². The van der Waals surface area contributed by atoms with Crippen LogP contribution in [-0.2, 0) is 6.42 Å². The van der Waals surface area contributed by atoms with Crippen molar-refractivity contribution in [1.82, 2.24) is 0 Å². The maximum Gasteiger partial charge on any atom is 0.0521 e. The first-order valence-corrected chi connectivity index (χ1v) is 6.25. The van der Waals surface area contributed by atoms with Crippen molar-refractivity contribution in [2.24, 2.45) is 5.73 Å². The van der Waals surface area contributed by atoms with Crippen LogP contribution in [0, 0.1) is 0 Å². The van der Waals surface area contributed by atoms with E-state index in [1.54, 1.807) is 0 Å². The molecular formula is C14H22N2. The molecular weight excluding hydrogens is 196 g/mol. The number of hydrogen-bond acceptors (Lipinski definition) is 2. The normalized spacial score (nSPS) is 17.9. The molecule has 1 aliphatic carbocycles. The highest BCUT2D eigenvalue weighted by Crippen LogP contribution is 2.38. The van der Waals surface area contributed by atoms with Gasteiger partial charge in [0.15, 0.2) is 0 Å². The highest BCUT2D eigenvalue weighted by molar-refractivity contribution is 5.50. The number of hydrogen-bond donors (Lipinski definition) is 1. The minimum absolute atomic E-state index is 0.230. The lowest BCUT2D eigenvalue weighted by Crippen LogP contribution is -2.57. The van der Waals surface area contributed by atoms with Crippen LogP contribution in [0.3, 0.4) is 0 Å². The van der Waals surface area contributed by atoms with Gasteiger partial charge >= 0.3 is 0 Å². The molecule has 16 heavy (non-hydrogen) atoms. The standard InChI is InChI=1S/C14H22N2/c1-3-12-5-7-13(8-6-12)16(2)14(11-15)9-4-10-14/h5-8H,3-4,9-11,15H2,1-2H3. The predicted octanol–water partition coefficient (Wildman–Crippen LogP) is 2.57. The Morgan fingerprint density at radius 3 is 2.25 bits per heavy atom. The van der Waals surface area contributed by atoms with Crippen LogP contribution in [0.5, 0.6) is 0 Å². The first-order valence-electron chi connectivity index (χ1n) is 6.25. The number of benzene rings is 1. The zero-order chi connectivity index (χ0) is 11.6. The van der Waals surface area contributed by atoms with E-state index in [9.17, 15) is 0 Å². The highest BCUT2D eigenvalue weighted by atomic mass is 15.2. The zero-order valence-electron chi connectivity index (χ0n) is 10.4. The number of aryl methyl sites for hydroxylation is 1. The third-order valence-corrected chi connectivity index (χ3v) is 4.11. The molecule has 2 heteroatoms. The quantitative estimate of drug-likeness (QED) is 0.841. The molecule has 2 nitrogen and oxygen atoms in total. The molecule has 2 rings (SSSR count).